The van der Waals surface area contributed by atoms with Gasteiger partial charge in [0.2, 0.25) is 0 Å². The summed E-state index contributed by atoms with van der Waals surface area (Å²) in [5.74, 6) is 0.244. The molecule has 4 rings (SSSR count). The molecule has 1 aromatic heterocycles. The second kappa shape index (κ2) is 7.84. The van der Waals surface area contributed by atoms with Gasteiger partial charge in [0.25, 0.3) is 5.91 Å². The number of carbonyl (C=O) groups excluding carboxylic acids is 1. The second-order valence-corrected chi connectivity index (χ2v) is 7.07. The van der Waals surface area contributed by atoms with E-state index in [0.29, 0.717) is 17.3 Å². The Bertz CT molecular complexity index is 931. The van der Waals surface area contributed by atoms with Gasteiger partial charge in [0.05, 0.1) is 0 Å². The van der Waals surface area contributed by atoms with Crippen molar-refractivity contribution < 1.29 is 9.32 Å². The van der Waals surface area contributed by atoms with Crippen molar-refractivity contribution in [2.45, 2.75) is 19.4 Å². The monoisotopic (exact) mass is 381 g/mol. The van der Waals surface area contributed by atoms with E-state index in [-0.39, 0.29) is 11.6 Å². The van der Waals surface area contributed by atoms with Crippen molar-refractivity contribution in [3.8, 4) is 11.3 Å². The zero-order valence-corrected chi connectivity index (χ0v) is 15.6. The standard InChI is InChI=1S/C21H20ClN3O2/c22-17-5-3-4-16(12-17)20-13-19(24-27-20)21(26)23-14-15-6-8-18(9-7-15)25-10-1-2-11-25/h3-9,12-13H,1-2,10-11,14H2,(H,23,26). The third-order valence-corrected chi connectivity index (χ3v) is 4.95. The smallest absolute Gasteiger partial charge is 0.273 e. The number of nitrogens with zero attached hydrogens (tertiary/aromatic N) is 2. The summed E-state index contributed by atoms with van der Waals surface area (Å²) in [4.78, 5) is 14.7. The van der Waals surface area contributed by atoms with E-state index >= 15 is 0 Å². The van der Waals surface area contributed by atoms with E-state index in [0.717, 1.165) is 24.2 Å². The van der Waals surface area contributed by atoms with Crippen LogP contribution < -0.4 is 10.2 Å². The lowest BCUT2D eigenvalue weighted by atomic mass is 10.1. The van der Waals surface area contributed by atoms with Crippen molar-refractivity contribution in [2.24, 2.45) is 0 Å². The van der Waals surface area contributed by atoms with Crippen LogP contribution in [0, 0.1) is 0 Å². The number of hydrogen-bond donors (Lipinski definition) is 1. The summed E-state index contributed by atoms with van der Waals surface area (Å²) >= 11 is 5.99. The molecule has 3 aromatic rings. The van der Waals surface area contributed by atoms with Gasteiger partial charge in [-0.25, -0.2) is 0 Å². The fourth-order valence-electron chi connectivity index (χ4n) is 3.23. The van der Waals surface area contributed by atoms with Crippen LogP contribution in [-0.4, -0.2) is 24.2 Å². The van der Waals surface area contributed by atoms with E-state index in [2.05, 4.69) is 27.5 Å². The van der Waals surface area contributed by atoms with Gasteiger partial charge in [-0.3, -0.25) is 4.79 Å². The molecule has 0 bridgehead atoms. The number of nitrogens with one attached hydrogen (secondary N) is 1. The Hall–Kier alpha value is -2.79. The summed E-state index contributed by atoms with van der Waals surface area (Å²) in [5, 5.41) is 7.35. The number of anilines is 1. The van der Waals surface area contributed by atoms with Gasteiger partial charge >= 0.3 is 0 Å². The Morgan fingerprint density at radius 1 is 1.11 bits per heavy atom. The molecule has 1 aliphatic rings. The Kier molecular flexibility index (Phi) is 5.12. The molecule has 1 saturated heterocycles. The first-order chi connectivity index (χ1) is 13.2. The maximum absolute atomic E-state index is 12.3. The van der Waals surface area contributed by atoms with Crippen LogP contribution in [0.2, 0.25) is 5.02 Å². The Labute approximate surface area is 162 Å². The highest BCUT2D eigenvalue weighted by atomic mass is 35.5. The normalized spacial score (nSPS) is 13.7. The van der Waals surface area contributed by atoms with Gasteiger partial charge in [-0.15, -0.1) is 0 Å². The lowest BCUT2D eigenvalue weighted by Gasteiger charge is -2.17. The quantitative estimate of drug-likeness (QED) is 0.705. The lowest BCUT2D eigenvalue weighted by molar-refractivity contribution is 0.0942. The number of rotatable bonds is 5. The van der Waals surface area contributed by atoms with Gasteiger partial charge in [-0.05, 0) is 42.7 Å². The first-order valence-electron chi connectivity index (χ1n) is 9.04. The average Bonchev–Trinajstić information content (AvgIpc) is 3.38. The Balaban J connectivity index is 1.37. The number of benzene rings is 2. The van der Waals surface area contributed by atoms with Crippen LogP contribution >= 0.6 is 11.6 Å². The molecule has 0 radical (unpaired) electrons. The molecule has 138 valence electrons. The van der Waals surface area contributed by atoms with E-state index < -0.39 is 0 Å². The maximum Gasteiger partial charge on any atom is 0.273 e. The summed E-state index contributed by atoms with van der Waals surface area (Å²) in [6, 6.07) is 17.2. The minimum atomic E-state index is -0.268. The molecule has 1 N–H and O–H groups in total. The highest BCUT2D eigenvalue weighted by Gasteiger charge is 2.14. The molecule has 6 heteroatoms. The molecule has 0 spiro atoms. The molecule has 0 atom stereocenters. The highest BCUT2D eigenvalue weighted by Crippen LogP contribution is 2.23. The van der Waals surface area contributed by atoms with Crippen molar-refractivity contribution in [2.75, 3.05) is 18.0 Å². The number of amides is 1. The molecule has 0 saturated carbocycles. The van der Waals surface area contributed by atoms with Crippen molar-refractivity contribution >= 4 is 23.2 Å². The number of halogens is 1. The molecule has 1 fully saturated rings. The second-order valence-electron chi connectivity index (χ2n) is 6.63. The summed E-state index contributed by atoms with van der Waals surface area (Å²) in [7, 11) is 0. The zero-order chi connectivity index (χ0) is 18.6. The number of aromatic nitrogens is 1. The van der Waals surface area contributed by atoms with E-state index in [9.17, 15) is 4.79 Å². The molecule has 0 aliphatic carbocycles. The summed E-state index contributed by atoms with van der Waals surface area (Å²) in [6.45, 7) is 2.69. The summed E-state index contributed by atoms with van der Waals surface area (Å²) < 4.78 is 5.28. The van der Waals surface area contributed by atoms with Gasteiger partial charge in [-0.1, -0.05) is 41.0 Å². The molecular weight excluding hydrogens is 362 g/mol. The fourth-order valence-corrected chi connectivity index (χ4v) is 3.42. The molecule has 1 amide bonds. The third-order valence-electron chi connectivity index (χ3n) is 4.71. The highest BCUT2D eigenvalue weighted by molar-refractivity contribution is 6.30. The van der Waals surface area contributed by atoms with Gasteiger partial charge < -0.3 is 14.7 Å². The lowest BCUT2D eigenvalue weighted by Crippen LogP contribution is -2.23. The van der Waals surface area contributed by atoms with Crippen LogP contribution in [0.5, 0.6) is 0 Å². The Morgan fingerprint density at radius 3 is 2.63 bits per heavy atom. The van der Waals surface area contributed by atoms with E-state index in [1.807, 2.05) is 24.3 Å². The topological polar surface area (TPSA) is 58.4 Å². The van der Waals surface area contributed by atoms with Crippen LogP contribution in [0.15, 0.2) is 59.1 Å². The van der Waals surface area contributed by atoms with Crippen LogP contribution in [0.1, 0.15) is 28.9 Å². The van der Waals surface area contributed by atoms with Crippen LogP contribution in [0.4, 0.5) is 5.69 Å². The molecule has 27 heavy (non-hydrogen) atoms. The molecule has 5 nitrogen and oxygen atoms in total. The van der Waals surface area contributed by atoms with Crippen molar-refractivity contribution in [3.63, 3.8) is 0 Å². The largest absolute Gasteiger partial charge is 0.372 e. The molecule has 1 aliphatic heterocycles. The van der Waals surface area contributed by atoms with Crippen molar-refractivity contribution in [1.82, 2.24) is 10.5 Å². The maximum atomic E-state index is 12.3. The number of hydrogen-bond acceptors (Lipinski definition) is 4. The molecular formula is C21H20ClN3O2. The van der Waals surface area contributed by atoms with Gasteiger partial charge in [0, 0.05) is 42.0 Å². The van der Waals surface area contributed by atoms with Gasteiger partial charge in [0.1, 0.15) is 0 Å². The summed E-state index contributed by atoms with van der Waals surface area (Å²) in [6.07, 6.45) is 2.51. The minimum absolute atomic E-state index is 0.249. The first-order valence-corrected chi connectivity index (χ1v) is 9.41. The molecule has 0 unspecified atom stereocenters. The van der Waals surface area contributed by atoms with Gasteiger partial charge in [0.15, 0.2) is 11.5 Å². The SMILES string of the molecule is O=C(NCc1ccc(N2CCCC2)cc1)c1cc(-c2cccc(Cl)c2)on1. The van der Waals surface area contributed by atoms with Gasteiger partial charge in [-0.2, -0.15) is 0 Å². The fraction of sp³-hybridized carbons (Fsp3) is 0.238. The number of carbonyl (C=O) groups is 1. The predicted octanol–water partition coefficient (Wildman–Crippen LogP) is 4.53. The zero-order valence-electron chi connectivity index (χ0n) is 14.8. The van der Waals surface area contributed by atoms with Crippen molar-refractivity contribution in [3.05, 3.63) is 70.9 Å². The van der Waals surface area contributed by atoms with Crippen LogP contribution in [-0.2, 0) is 6.54 Å². The Morgan fingerprint density at radius 2 is 1.89 bits per heavy atom. The average molecular weight is 382 g/mol. The minimum Gasteiger partial charge on any atom is -0.372 e. The van der Waals surface area contributed by atoms with Crippen LogP contribution in [0.25, 0.3) is 11.3 Å². The van der Waals surface area contributed by atoms with Crippen molar-refractivity contribution in [1.29, 1.82) is 0 Å². The third kappa shape index (κ3) is 4.14. The van der Waals surface area contributed by atoms with E-state index in [4.69, 9.17) is 16.1 Å². The predicted molar refractivity (Wildman–Crippen MR) is 106 cm³/mol. The van der Waals surface area contributed by atoms with E-state index in [1.54, 1.807) is 18.2 Å². The first kappa shape index (κ1) is 17.6. The van der Waals surface area contributed by atoms with E-state index in [1.165, 1.54) is 18.5 Å². The summed E-state index contributed by atoms with van der Waals surface area (Å²) in [5.41, 5.74) is 3.32. The van der Waals surface area contributed by atoms with Crippen LogP contribution in [0.3, 0.4) is 0 Å². The molecule has 2 aromatic carbocycles. The molecule has 2 heterocycles.